The third kappa shape index (κ3) is 1.74. The molecular formula is C11H17NO4. The molecule has 1 aliphatic carbocycles. The Morgan fingerprint density at radius 2 is 2.00 bits per heavy atom. The van der Waals surface area contributed by atoms with Gasteiger partial charge in [-0.15, -0.1) is 0 Å². The van der Waals surface area contributed by atoms with Crippen LogP contribution in [-0.4, -0.2) is 40.3 Å². The summed E-state index contributed by atoms with van der Waals surface area (Å²) in [6.45, 7) is 5.94. The molecule has 0 radical (unpaired) electrons. The number of carbonyl (C=O) groups excluding carboxylic acids is 1. The van der Waals surface area contributed by atoms with Crippen molar-refractivity contribution >= 4 is 12.1 Å². The second kappa shape index (κ2) is 3.37. The van der Waals surface area contributed by atoms with Crippen LogP contribution in [0.25, 0.3) is 0 Å². The molecule has 3 rings (SSSR count). The number of hydrogen-bond donors (Lipinski definition) is 1. The highest BCUT2D eigenvalue weighted by Crippen LogP contribution is 2.46. The molecule has 0 spiro atoms. The largest absolute Gasteiger partial charge is 0.481 e. The van der Waals surface area contributed by atoms with Crippen molar-refractivity contribution < 1.29 is 19.4 Å². The van der Waals surface area contributed by atoms with Gasteiger partial charge in [-0.05, 0) is 33.1 Å². The van der Waals surface area contributed by atoms with Gasteiger partial charge in [0.15, 0.2) is 0 Å². The van der Waals surface area contributed by atoms with Crippen LogP contribution in [0.1, 0.15) is 27.2 Å². The van der Waals surface area contributed by atoms with Crippen LogP contribution in [0.4, 0.5) is 4.79 Å². The van der Waals surface area contributed by atoms with Crippen LogP contribution in [0.2, 0.25) is 0 Å². The monoisotopic (exact) mass is 227 g/mol. The van der Waals surface area contributed by atoms with E-state index in [4.69, 9.17) is 9.84 Å². The Labute approximate surface area is 94.4 Å². The Morgan fingerprint density at radius 1 is 1.38 bits per heavy atom. The zero-order chi connectivity index (χ0) is 12.1. The Hall–Kier alpha value is -1.26. The smallest absolute Gasteiger partial charge is 0.410 e. The van der Waals surface area contributed by atoms with Crippen LogP contribution >= 0.6 is 0 Å². The fourth-order valence-corrected chi connectivity index (χ4v) is 2.52. The number of nitrogens with zero attached hydrogens (tertiary/aromatic N) is 1. The maximum atomic E-state index is 11.8. The molecule has 5 nitrogen and oxygen atoms in total. The first kappa shape index (κ1) is 11.2. The molecule has 0 aromatic carbocycles. The molecule has 2 aliphatic heterocycles. The fourth-order valence-electron chi connectivity index (χ4n) is 2.52. The number of rotatable bonds is 1. The minimum Gasteiger partial charge on any atom is -0.481 e. The third-order valence-electron chi connectivity index (χ3n) is 3.21. The Balaban J connectivity index is 1.99. The normalized spacial score (nSPS) is 32.2. The van der Waals surface area contributed by atoms with Gasteiger partial charge in [-0.1, -0.05) is 0 Å². The molecule has 1 saturated carbocycles. The summed E-state index contributed by atoms with van der Waals surface area (Å²) >= 11 is 0. The van der Waals surface area contributed by atoms with E-state index in [0.29, 0.717) is 6.54 Å². The highest BCUT2D eigenvalue weighted by Gasteiger charge is 2.57. The van der Waals surface area contributed by atoms with E-state index < -0.39 is 11.6 Å². The molecule has 90 valence electrons. The number of fused-ring (bicyclic) bond motifs is 1. The summed E-state index contributed by atoms with van der Waals surface area (Å²) in [6.07, 6.45) is 0.416. The number of carboxylic acid groups (broad SMARTS) is 1. The molecule has 1 unspecified atom stereocenters. The average Bonchev–Trinajstić information content (AvgIpc) is 2.53. The highest BCUT2D eigenvalue weighted by molar-refractivity contribution is 5.77. The van der Waals surface area contributed by atoms with Crippen molar-refractivity contribution in [1.82, 2.24) is 4.90 Å². The van der Waals surface area contributed by atoms with Crippen molar-refractivity contribution in [2.45, 2.75) is 38.8 Å². The molecule has 3 atom stereocenters. The van der Waals surface area contributed by atoms with E-state index in [1.807, 2.05) is 0 Å². The molecule has 2 bridgehead atoms. The van der Waals surface area contributed by atoms with Crippen molar-refractivity contribution in [3.63, 3.8) is 0 Å². The summed E-state index contributed by atoms with van der Waals surface area (Å²) in [7, 11) is 0. The van der Waals surface area contributed by atoms with E-state index in [1.54, 1.807) is 25.7 Å². The quantitative estimate of drug-likeness (QED) is 0.733. The molecule has 1 amide bonds. The first-order valence-corrected chi connectivity index (χ1v) is 5.52. The average molecular weight is 227 g/mol. The number of carbonyl (C=O) groups is 2. The molecule has 5 heteroatoms. The van der Waals surface area contributed by atoms with Gasteiger partial charge in [-0.2, -0.15) is 0 Å². The standard InChI is InChI=1S/C11H17NO4/c1-11(2,3)16-10(15)12-5-6-4-7(12)8(6)9(13)14/h6-8H,4-5H2,1-3H3,(H,13,14)/t6-,7-,8?/m1/s1. The number of aliphatic carboxylic acids is 1. The Kier molecular flexibility index (Phi) is 2.36. The van der Waals surface area contributed by atoms with Crippen molar-refractivity contribution in [2.24, 2.45) is 11.8 Å². The summed E-state index contributed by atoms with van der Waals surface area (Å²) in [6, 6.07) is -0.155. The van der Waals surface area contributed by atoms with E-state index in [-0.39, 0.29) is 24.0 Å². The van der Waals surface area contributed by atoms with E-state index in [1.165, 1.54) is 0 Å². The molecule has 3 aliphatic rings. The van der Waals surface area contributed by atoms with E-state index in [2.05, 4.69) is 0 Å². The van der Waals surface area contributed by atoms with Crippen molar-refractivity contribution in [1.29, 1.82) is 0 Å². The number of amides is 1. The minimum atomic E-state index is -0.799. The van der Waals surface area contributed by atoms with Gasteiger partial charge in [0, 0.05) is 12.6 Å². The van der Waals surface area contributed by atoms with E-state index in [9.17, 15) is 9.59 Å². The van der Waals surface area contributed by atoms with Gasteiger partial charge in [-0.25, -0.2) is 4.79 Å². The van der Waals surface area contributed by atoms with Crippen LogP contribution in [-0.2, 0) is 9.53 Å². The third-order valence-corrected chi connectivity index (χ3v) is 3.21. The maximum Gasteiger partial charge on any atom is 0.410 e. The molecule has 0 aromatic heterocycles. The van der Waals surface area contributed by atoms with Crippen molar-refractivity contribution in [3.05, 3.63) is 0 Å². The second-order valence-electron chi connectivity index (χ2n) is 5.56. The molecule has 2 saturated heterocycles. The predicted octanol–water partition coefficient (Wildman–Crippen LogP) is 1.33. The first-order valence-electron chi connectivity index (χ1n) is 5.52. The zero-order valence-corrected chi connectivity index (χ0v) is 9.77. The summed E-state index contributed by atoms with van der Waals surface area (Å²) in [5.41, 5.74) is -0.525. The fraction of sp³-hybridized carbons (Fsp3) is 0.818. The van der Waals surface area contributed by atoms with E-state index >= 15 is 0 Å². The number of hydrogen-bond acceptors (Lipinski definition) is 3. The van der Waals surface area contributed by atoms with Gasteiger partial charge >= 0.3 is 12.1 Å². The predicted molar refractivity (Wildman–Crippen MR) is 56.0 cm³/mol. The molecule has 2 heterocycles. The van der Waals surface area contributed by atoms with Crippen molar-refractivity contribution in [2.75, 3.05) is 6.54 Å². The van der Waals surface area contributed by atoms with Gasteiger partial charge in [0.05, 0.1) is 5.92 Å². The molecule has 3 fully saturated rings. The minimum absolute atomic E-state index is 0.120. The highest BCUT2D eigenvalue weighted by atomic mass is 16.6. The van der Waals surface area contributed by atoms with Crippen LogP contribution < -0.4 is 0 Å². The van der Waals surface area contributed by atoms with Gasteiger partial charge < -0.3 is 14.7 Å². The number of carboxylic acids is 1. The second-order valence-corrected chi connectivity index (χ2v) is 5.56. The van der Waals surface area contributed by atoms with Gasteiger partial charge in [-0.3, -0.25) is 4.79 Å². The lowest BCUT2D eigenvalue weighted by molar-refractivity contribution is -0.147. The molecular weight excluding hydrogens is 210 g/mol. The van der Waals surface area contributed by atoms with Crippen molar-refractivity contribution in [3.8, 4) is 0 Å². The molecule has 1 N–H and O–H groups in total. The number of ether oxygens (including phenoxy) is 1. The lowest BCUT2D eigenvalue weighted by atomic mass is 9.74. The van der Waals surface area contributed by atoms with Crippen LogP contribution in [0, 0.1) is 11.8 Å². The van der Waals surface area contributed by atoms with Crippen LogP contribution in [0.15, 0.2) is 0 Å². The zero-order valence-electron chi connectivity index (χ0n) is 9.77. The summed E-state index contributed by atoms with van der Waals surface area (Å²) in [5, 5.41) is 8.97. The Morgan fingerprint density at radius 3 is 2.44 bits per heavy atom. The van der Waals surface area contributed by atoms with Gasteiger partial charge in [0.1, 0.15) is 5.60 Å². The Bertz CT molecular complexity index is 333. The SMILES string of the molecule is CC(C)(C)OC(=O)N1C[C@H]2C[C@@H]1C2C(=O)O. The molecule has 0 aromatic rings. The maximum absolute atomic E-state index is 11.8. The summed E-state index contributed by atoms with van der Waals surface area (Å²) in [5.74, 6) is -1.06. The van der Waals surface area contributed by atoms with E-state index in [0.717, 1.165) is 6.42 Å². The summed E-state index contributed by atoms with van der Waals surface area (Å²) < 4.78 is 5.24. The lowest BCUT2D eigenvalue weighted by Gasteiger charge is -2.33. The van der Waals surface area contributed by atoms with Crippen LogP contribution in [0.5, 0.6) is 0 Å². The van der Waals surface area contributed by atoms with Gasteiger partial charge in [0.25, 0.3) is 0 Å². The first-order chi connectivity index (χ1) is 7.29. The van der Waals surface area contributed by atoms with Gasteiger partial charge in [0.2, 0.25) is 0 Å². The topological polar surface area (TPSA) is 66.8 Å². The lowest BCUT2D eigenvalue weighted by Crippen LogP contribution is -2.46. The summed E-state index contributed by atoms with van der Waals surface area (Å²) in [4.78, 5) is 24.3. The van der Waals surface area contributed by atoms with Crippen LogP contribution in [0.3, 0.4) is 0 Å². The molecule has 16 heavy (non-hydrogen) atoms.